The number of fused-ring (bicyclic) bond motifs is 1. The standard InChI is InChI=1S/C26H23N5O2S/c1-16-6-5-13-31-14-23(29-24(16)31)19-8-10-20(11-9-19)28-25(32)21-7-4-12-27-26(21)34-15-22-17(2)30-33-18(22)3/h4-14H,15H2,1-3H3,(H,28,32). The predicted octanol–water partition coefficient (Wildman–Crippen LogP) is 5.85. The van der Waals surface area contributed by atoms with Crippen LogP contribution in [0.3, 0.4) is 0 Å². The second-order valence-corrected chi connectivity index (χ2v) is 8.99. The van der Waals surface area contributed by atoms with E-state index in [0.717, 1.165) is 39.5 Å². The van der Waals surface area contributed by atoms with Crippen molar-refractivity contribution in [1.29, 1.82) is 0 Å². The zero-order chi connectivity index (χ0) is 23.7. The molecule has 1 N–H and O–H groups in total. The van der Waals surface area contributed by atoms with Crippen LogP contribution < -0.4 is 5.32 Å². The lowest BCUT2D eigenvalue weighted by atomic mass is 10.1. The number of aromatic nitrogens is 4. The maximum absolute atomic E-state index is 13.0. The Morgan fingerprint density at radius 2 is 1.91 bits per heavy atom. The van der Waals surface area contributed by atoms with Crippen molar-refractivity contribution in [2.75, 3.05) is 5.32 Å². The minimum absolute atomic E-state index is 0.203. The molecule has 0 saturated heterocycles. The van der Waals surface area contributed by atoms with Crippen LogP contribution in [0.4, 0.5) is 5.69 Å². The maximum atomic E-state index is 13.0. The Bertz CT molecular complexity index is 1470. The molecule has 5 rings (SSSR count). The van der Waals surface area contributed by atoms with Crippen LogP contribution >= 0.6 is 11.8 Å². The molecular formula is C26H23N5O2S. The van der Waals surface area contributed by atoms with Crippen molar-refractivity contribution in [3.8, 4) is 11.3 Å². The Morgan fingerprint density at radius 1 is 1.09 bits per heavy atom. The van der Waals surface area contributed by atoms with Gasteiger partial charge in [-0.3, -0.25) is 4.79 Å². The van der Waals surface area contributed by atoms with Gasteiger partial charge >= 0.3 is 0 Å². The molecule has 0 aliphatic rings. The number of imidazole rings is 1. The van der Waals surface area contributed by atoms with E-state index in [0.29, 0.717) is 22.0 Å². The van der Waals surface area contributed by atoms with Crippen molar-refractivity contribution in [3.05, 3.63) is 95.3 Å². The van der Waals surface area contributed by atoms with E-state index in [4.69, 9.17) is 9.51 Å². The lowest BCUT2D eigenvalue weighted by molar-refractivity contribution is 0.102. The number of thioether (sulfide) groups is 1. The number of benzene rings is 1. The molecule has 34 heavy (non-hydrogen) atoms. The summed E-state index contributed by atoms with van der Waals surface area (Å²) in [6, 6.07) is 15.3. The number of rotatable bonds is 6. The average Bonchev–Trinajstić information content (AvgIpc) is 3.42. The predicted molar refractivity (Wildman–Crippen MR) is 133 cm³/mol. The molecule has 1 aromatic carbocycles. The fraction of sp³-hybridized carbons (Fsp3) is 0.154. The number of aryl methyl sites for hydroxylation is 3. The van der Waals surface area contributed by atoms with Gasteiger partial charge in [0.1, 0.15) is 16.4 Å². The zero-order valence-corrected chi connectivity index (χ0v) is 19.9. The Morgan fingerprint density at radius 3 is 2.65 bits per heavy atom. The van der Waals surface area contributed by atoms with Crippen LogP contribution in [0.5, 0.6) is 0 Å². The van der Waals surface area contributed by atoms with E-state index in [1.165, 1.54) is 11.8 Å². The van der Waals surface area contributed by atoms with Crippen LogP contribution in [-0.2, 0) is 5.75 Å². The highest BCUT2D eigenvalue weighted by molar-refractivity contribution is 7.98. The summed E-state index contributed by atoms with van der Waals surface area (Å²) in [5.41, 5.74) is 7.05. The van der Waals surface area contributed by atoms with Crippen molar-refractivity contribution in [2.45, 2.75) is 31.6 Å². The van der Waals surface area contributed by atoms with Crippen molar-refractivity contribution < 1.29 is 9.32 Å². The summed E-state index contributed by atoms with van der Waals surface area (Å²) in [7, 11) is 0. The van der Waals surface area contributed by atoms with E-state index in [-0.39, 0.29) is 5.91 Å². The molecule has 0 fully saturated rings. The third-order valence-corrected chi connectivity index (χ3v) is 6.70. The largest absolute Gasteiger partial charge is 0.361 e. The third kappa shape index (κ3) is 4.32. The zero-order valence-electron chi connectivity index (χ0n) is 19.1. The van der Waals surface area contributed by atoms with E-state index in [1.807, 2.05) is 74.0 Å². The van der Waals surface area contributed by atoms with Gasteiger partial charge in [0.2, 0.25) is 0 Å². The summed E-state index contributed by atoms with van der Waals surface area (Å²) >= 11 is 1.49. The molecule has 170 valence electrons. The van der Waals surface area contributed by atoms with E-state index in [2.05, 4.69) is 15.5 Å². The first-order chi connectivity index (χ1) is 16.5. The molecule has 4 aromatic heterocycles. The molecule has 0 bridgehead atoms. The number of amides is 1. The SMILES string of the molecule is Cc1noc(C)c1CSc1ncccc1C(=O)Nc1ccc(-c2cn3cccc(C)c3n2)cc1. The van der Waals surface area contributed by atoms with Crippen molar-refractivity contribution in [1.82, 2.24) is 19.5 Å². The number of pyridine rings is 2. The van der Waals surface area contributed by atoms with E-state index >= 15 is 0 Å². The maximum Gasteiger partial charge on any atom is 0.258 e. The number of hydrogen-bond acceptors (Lipinski definition) is 6. The highest BCUT2D eigenvalue weighted by Crippen LogP contribution is 2.28. The molecule has 0 aliphatic carbocycles. The Balaban J connectivity index is 1.31. The van der Waals surface area contributed by atoms with Crippen LogP contribution in [0.2, 0.25) is 0 Å². The Hall–Kier alpha value is -3.91. The second kappa shape index (κ2) is 9.15. The monoisotopic (exact) mass is 469 g/mol. The van der Waals surface area contributed by atoms with Gasteiger partial charge in [0.05, 0.1) is 17.0 Å². The smallest absolute Gasteiger partial charge is 0.258 e. The molecule has 1 amide bonds. The summed E-state index contributed by atoms with van der Waals surface area (Å²) in [5, 5.41) is 7.64. The number of hydrogen-bond donors (Lipinski definition) is 1. The third-order valence-electron chi connectivity index (χ3n) is 5.67. The van der Waals surface area contributed by atoms with Gasteiger partial charge in [0.15, 0.2) is 0 Å². The molecule has 0 saturated carbocycles. The summed E-state index contributed by atoms with van der Waals surface area (Å²) in [6.07, 6.45) is 5.69. The minimum atomic E-state index is -0.203. The second-order valence-electron chi connectivity index (χ2n) is 8.03. The fourth-order valence-electron chi connectivity index (χ4n) is 3.74. The van der Waals surface area contributed by atoms with Gasteiger partial charge in [-0.05, 0) is 56.7 Å². The van der Waals surface area contributed by atoms with Gasteiger partial charge in [0, 0.05) is 41.2 Å². The molecule has 5 aromatic rings. The number of carbonyl (C=O) groups is 1. The molecule has 8 heteroatoms. The van der Waals surface area contributed by atoms with Crippen molar-refractivity contribution >= 4 is 29.0 Å². The van der Waals surface area contributed by atoms with Crippen molar-refractivity contribution in [3.63, 3.8) is 0 Å². The van der Waals surface area contributed by atoms with Gasteiger partial charge < -0.3 is 14.2 Å². The van der Waals surface area contributed by atoms with Gasteiger partial charge in [-0.25, -0.2) is 9.97 Å². The molecular weight excluding hydrogens is 446 g/mol. The van der Waals surface area contributed by atoms with Crippen LogP contribution in [0, 0.1) is 20.8 Å². The fourth-order valence-corrected chi connectivity index (χ4v) is 4.89. The Labute approximate surface area is 201 Å². The Kier molecular flexibility index (Phi) is 5.90. The van der Waals surface area contributed by atoms with Crippen LogP contribution in [-0.4, -0.2) is 25.4 Å². The highest BCUT2D eigenvalue weighted by Gasteiger charge is 2.16. The number of anilines is 1. The van der Waals surface area contributed by atoms with Crippen LogP contribution in [0.15, 0.2) is 76.7 Å². The molecule has 0 unspecified atom stereocenters. The number of nitrogens with zero attached hydrogens (tertiary/aromatic N) is 4. The molecule has 0 spiro atoms. The first-order valence-electron chi connectivity index (χ1n) is 10.9. The van der Waals surface area contributed by atoms with E-state index < -0.39 is 0 Å². The molecule has 0 aliphatic heterocycles. The normalized spacial score (nSPS) is 11.1. The molecule has 0 radical (unpaired) electrons. The summed E-state index contributed by atoms with van der Waals surface area (Å²) in [4.78, 5) is 22.2. The average molecular weight is 470 g/mol. The first-order valence-corrected chi connectivity index (χ1v) is 11.8. The molecule has 7 nitrogen and oxygen atoms in total. The molecule has 4 heterocycles. The minimum Gasteiger partial charge on any atom is -0.361 e. The summed E-state index contributed by atoms with van der Waals surface area (Å²) < 4.78 is 7.25. The lowest BCUT2D eigenvalue weighted by Gasteiger charge is -2.09. The lowest BCUT2D eigenvalue weighted by Crippen LogP contribution is -2.13. The van der Waals surface area contributed by atoms with Crippen LogP contribution in [0.1, 0.15) is 32.9 Å². The van der Waals surface area contributed by atoms with Gasteiger partial charge in [-0.1, -0.05) is 23.4 Å². The topological polar surface area (TPSA) is 85.3 Å². The molecule has 0 atom stereocenters. The van der Waals surface area contributed by atoms with Gasteiger partial charge in [-0.15, -0.1) is 11.8 Å². The summed E-state index contributed by atoms with van der Waals surface area (Å²) in [6.45, 7) is 5.85. The quantitative estimate of drug-likeness (QED) is 0.314. The van der Waals surface area contributed by atoms with Gasteiger partial charge in [0.25, 0.3) is 5.91 Å². The number of nitrogens with one attached hydrogen (secondary N) is 1. The number of carbonyl (C=O) groups excluding carboxylic acids is 1. The summed E-state index contributed by atoms with van der Waals surface area (Å²) in [5.74, 6) is 1.21. The highest BCUT2D eigenvalue weighted by atomic mass is 32.2. The first kappa shape index (κ1) is 21.9. The van der Waals surface area contributed by atoms with Crippen molar-refractivity contribution in [2.24, 2.45) is 0 Å². The van der Waals surface area contributed by atoms with Gasteiger partial charge in [-0.2, -0.15) is 0 Å². The van der Waals surface area contributed by atoms with Crippen LogP contribution in [0.25, 0.3) is 16.9 Å². The van der Waals surface area contributed by atoms with E-state index in [9.17, 15) is 4.79 Å². The van der Waals surface area contributed by atoms with E-state index in [1.54, 1.807) is 18.3 Å².